The fraction of sp³-hybridized carbons (Fsp3) is 0.600. The first kappa shape index (κ1) is 21.1. The highest BCUT2D eigenvalue weighted by Gasteiger charge is 2.32. The molecule has 11 nitrogen and oxygen atoms in total. The maximum absolute atomic E-state index is 11.8. The van der Waals surface area contributed by atoms with Crippen molar-refractivity contribution < 1.29 is 33.6 Å². The maximum atomic E-state index is 11.8. The molecule has 0 saturated carbocycles. The molecule has 0 radical (unpaired) electrons. The molecule has 0 aliphatic carbocycles. The van der Waals surface area contributed by atoms with Gasteiger partial charge >= 0.3 is 5.97 Å². The van der Waals surface area contributed by atoms with E-state index in [2.05, 4.69) is 10.2 Å². The number of nitrogens with one attached hydrogen (secondary N) is 1. The van der Waals surface area contributed by atoms with Crippen molar-refractivity contribution in [3.05, 3.63) is 0 Å². The van der Waals surface area contributed by atoms with Crippen LogP contribution in [-0.2, 0) is 33.6 Å². The molecule has 1 rings (SSSR count). The molecule has 1 fully saturated rings. The number of hydroxylamine groups is 2. The molecule has 0 unspecified atom stereocenters. The highest BCUT2D eigenvalue weighted by Crippen LogP contribution is 2.13. The van der Waals surface area contributed by atoms with E-state index in [1.54, 1.807) is 0 Å². The normalized spacial score (nSPS) is 14.8. The van der Waals surface area contributed by atoms with Crippen LogP contribution < -0.4 is 16.8 Å². The summed E-state index contributed by atoms with van der Waals surface area (Å²) in [6.45, 7) is 0. The summed E-state index contributed by atoms with van der Waals surface area (Å²) in [7, 11) is 0. The van der Waals surface area contributed by atoms with Gasteiger partial charge in [0, 0.05) is 32.1 Å². The first-order chi connectivity index (χ1) is 12.2. The smallest absolute Gasteiger partial charge is 0.333 e. The van der Waals surface area contributed by atoms with Gasteiger partial charge in [0.05, 0.1) is 0 Å². The quantitative estimate of drug-likeness (QED) is 0.289. The van der Waals surface area contributed by atoms with Gasteiger partial charge in [0.1, 0.15) is 6.04 Å². The van der Waals surface area contributed by atoms with Crippen LogP contribution in [0.3, 0.4) is 0 Å². The lowest BCUT2D eigenvalue weighted by Gasteiger charge is -2.14. The van der Waals surface area contributed by atoms with Gasteiger partial charge in [-0.25, -0.2) is 4.79 Å². The number of hydrogen-bond acceptors (Lipinski definition) is 7. The van der Waals surface area contributed by atoms with Crippen molar-refractivity contribution in [3.8, 4) is 0 Å². The van der Waals surface area contributed by atoms with Crippen molar-refractivity contribution in [1.82, 2.24) is 10.4 Å². The van der Waals surface area contributed by atoms with Crippen molar-refractivity contribution in [2.75, 3.05) is 0 Å². The third-order valence-corrected chi connectivity index (χ3v) is 3.59. The van der Waals surface area contributed by atoms with Crippen LogP contribution in [0.5, 0.6) is 0 Å². The fourth-order valence-electron chi connectivity index (χ4n) is 2.20. The van der Waals surface area contributed by atoms with Crippen LogP contribution in [0.15, 0.2) is 0 Å². The first-order valence-electron chi connectivity index (χ1n) is 8.14. The molecule has 144 valence electrons. The number of carbonyl (C=O) groups is 6. The Labute approximate surface area is 149 Å². The minimum atomic E-state index is -0.993. The van der Waals surface area contributed by atoms with Crippen LogP contribution in [0.2, 0.25) is 0 Å². The number of amides is 5. The lowest BCUT2D eigenvalue weighted by Crippen LogP contribution is -2.44. The number of unbranched alkanes of at least 4 members (excludes halogenated alkanes) is 1. The lowest BCUT2D eigenvalue weighted by molar-refractivity contribution is -0.197. The number of nitrogens with two attached hydrogens (primary N) is 2. The SMILES string of the molecule is NC(=O)CC[C@H](NC(=O)CCCCC(=O)ON1C(=O)CCC1=O)C(N)=O. The van der Waals surface area contributed by atoms with Crippen LogP contribution in [0, 0.1) is 0 Å². The number of primary amides is 2. The van der Waals surface area contributed by atoms with E-state index in [0.717, 1.165) is 0 Å². The van der Waals surface area contributed by atoms with E-state index in [4.69, 9.17) is 11.5 Å². The van der Waals surface area contributed by atoms with E-state index >= 15 is 0 Å². The molecule has 0 aromatic carbocycles. The number of carbonyl (C=O) groups excluding carboxylic acids is 6. The van der Waals surface area contributed by atoms with Crippen molar-refractivity contribution in [2.24, 2.45) is 11.5 Å². The van der Waals surface area contributed by atoms with Gasteiger partial charge in [0.25, 0.3) is 11.8 Å². The Hall–Kier alpha value is -2.98. The molecule has 11 heteroatoms. The fourth-order valence-corrected chi connectivity index (χ4v) is 2.20. The van der Waals surface area contributed by atoms with Crippen LogP contribution >= 0.6 is 0 Å². The van der Waals surface area contributed by atoms with Gasteiger partial charge in [-0.05, 0) is 19.3 Å². The molecule has 0 spiro atoms. The van der Waals surface area contributed by atoms with Gasteiger partial charge in [-0.2, -0.15) is 0 Å². The van der Waals surface area contributed by atoms with Crippen molar-refractivity contribution in [3.63, 3.8) is 0 Å². The number of imide groups is 1. The minimum Gasteiger partial charge on any atom is -0.370 e. The van der Waals surface area contributed by atoms with E-state index in [9.17, 15) is 28.8 Å². The molecule has 1 aliphatic rings. The molecule has 0 aromatic rings. The van der Waals surface area contributed by atoms with Gasteiger partial charge in [0.15, 0.2) is 0 Å². The number of nitrogens with zero attached hydrogens (tertiary/aromatic N) is 1. The molecule has 0 aromatic heterocycles. The van der Waals surface area contributed by atoms with Crippen molar-refractivity contribution in [1.29, 1.82) is 0 Å². The van der Waals surface area contributed by atoms with Crippen LogP contribution in [0.25, 0.3) is 0 Å². The van der Waals surface area contributed by atoms with Gasteiger partial charge in [-0.15, -0.1) is 5.06 Å². The molecule has 1 saturated heterocycles. The molecule has 0 bridgehead atoms. The number of hydrogen-bond donors (Lipinski definition) is 3. The van der Waals surface area contributed by atoms with E-state index in [-0.39, 0.29) is 44.9 Å². The molecule has 1 aliphatic heterocycles. The van der Waals surface area contributed by atoms with Crippen molar-refractivity contribution >= 4 is 35.5 Å². The maximum Gasteiger partial charge on any atom is 0.333 e. The summed E-state index contributed by atoms with van der Waals surface area (Å²) in [5.41, 5.74) is 10.1. The van der Waals surface area contributed by atoms with Crippen LogP contribution in [0.4, 0.5) is 0 Å². The zero-order chi connectivity index (χ0) is 19.7. The summed E-state index contributed by atoms with van der Waals surface area (Å²) >= 11 is 0. The van der Waals surface area contributed by atoms with Crippen LogP contribution in [-0.4, -0.2) is 46.6 Å². The Morgan fingerprint density at radius 3 is 2.12 bits per heavy atom. The summed E-state index contributed by atoms with van der Waals surface area (Å²) in [5.74, 6) is -3.71. The van der Waals surface area contributed by atoms with E-state index < -0.39 is 41.5 Å². The average molecular weight is 370 g/mol. The third kappa shape index (κ3) is 7.28. The number of rotatable bonds is 11. The monoisotopic (exact) mass is 370 g/mol. The molecule has 5 N–H and O–H groups in total. The zero-order valence-electron chi connectivity index (χ0n) is 14.2. The minimum absolute atomic E-state index is 0.0145. The topological polar surface area (TPSA) is 179 Å². The molecule has 1 heterocycles. The molecular weight excluding hydrogens is 348 g/mol. The highest BCUT2D eigenvalue weighted by molar-refractivity contribution is 6.01. The molecular formula is C15H22N4O7. The summed E-state index contributed by atoms with van der Waals surface area (Å²) in [6, 6.07) is -0.993. The van der Waals surface area contributed by atoms with Crippen LogP contribution in [0.1, 0.15) is 51.4 Å². The summed E-state index contributed by atoms with van der Waals surface area (Å²) in [6.07, 6.45) is 0.496. The third-order valence-electron chi connectivity index (χ3n) is 3.59. The zero-order valence-corrected chi connectivity index (χ0v) is 14.2. The van der Waals surface area contributed by atoms with Gasteiger partial charge in [0.2, 0.25) is 17.7 Å². The van der Waals surface area contributed by atoms with E-state index in [0.29, 0.717) is 11.5 Å². The Balaban J connectivity index is 2.25. The lowest BCUT2D eigenvalue weighted by atomic mass is 10.1. The van der Waals surface area contributed by atoms with Gasteiger partial charge in [-0.1, -0.05) is 0 Å². The highest BCUT2D eigenvalue weighted by atomic mass is 16.7. The second-order valence-corrected chi connectivity index (χ2v) is 5.78. The Morgan fingerprint density at radius 2 is 1.58 bits per heavy atom. The second kappa shape index (κ2) is 10.1. The Kier molecular flexibility index (Phi) is 8.19. The molecule has 1 atom stereocenters. The Bertz CT molecular complexity index is 589. The largest absolute Gasteiger partial charge is 0.370 e. The predicted molar refractivity (Wildman–Crippen MR) is 85.2 cm³/mol. The second-order valence-electron chi connectivity index (χ2n) is 5.78. The molecule has 5 amide bonds. The predicted octanol–water partition coefficient (Wildman–Crippen LogP) is -1.61. The first-order valence-corrected chi connectivity index (χ1v) is 8.14. The molecule has 26 heavy (non-hydrogen) atoms. The van der Waals surface area contributed by atoms with Crippen molar-refractivity contribution in [2.45, 2.75) is 57.4 Å². The van der Waals surface area contributed by atoms with Gasteiger partial charge < -0.3 is 21.6 Å². The van der Waals surface area contributed by atoms with E-state index in [1.165, 1.54) is 0 Å². The summed E-state index contributed by atoms with van der Waals surface area (Å²) < 4.78 is 0. The Morgan fingerprint density at radius 1 is 1.00 bits per heavy atom. The van der Waals surface area contributed by atoms with E-state index in [1.807, 2.05) is 0 Å². The standard InChI is InChI=1S/C15H22N4O7/c16-10(20)6-5-9(15(17)25)18-11(21)3-1-2-4-14(24)26-19-12(22)7-8-13(19)23/h9H,1-8H2,(H2,16,20)(H2,17,25)(H,18,21)/t9-/m0/s1. The summed E-state index contributed by atoms with van der Waals surface area (Å²) in [5, 5.41) is 2.86. The van der Waals surface area contributed by atoms with Gasteiger partial charge in [-0.3, -0.25) is 24.0 Å². The average Bonchev–Trinajstić information content (AvgIpc) is 2.87. The summed E-state index contributed by atoms with van der Waals surface area (Å²) in [4.78, 5) is 72.6.